The lowest BCUT2D eigenvalue weighted by molar-refractivity contribution is -0.134. The molecule has 1 unspecified atom stereocenters. The quantitative estimate of drug-likeness (QED) is 0.752. The minimum Gasteiger partial charge on any atom is -0.395 e. The van der Waals surface area contributed by atoms with Gasteiger partial charge in [0.1, 0.15) is 0 Å². The Morgan fingerprint density at radius 1 is 1.44 bits per heavy atom. The number of hydrogen-bond acceptors (Lipinski definition) is 3. The van der Waals surface area contributed by atoms with Crippen molar-refractivity contribution in [3.05, 3.63) is 35.9 Å². The third kappa shape index (κ3) is 4.09. The zero-order chi connectivity index (χ0) is 13.5. The second kappa shape index (κ2) is 7.08. The Kier molecular flexibility index (Phi) is 5.74. The minimum absolute atomic E-state index is 0.0807. The van der Waals surface area contributed by atoms with Crippen molar-refractivity contribution >= 4 is 23.1 Å². The second-order valence-electron chi connectivity index (χ2n) is 4.09. The standard InChI is InChI=1S/C13H18N2O2S/c1-10(12(14)18)13(17)15(7-8-16)9-11-5-3-2-4-6-11/h2-6,10,16H,7-9H2,1H3,(H2,14,18). The zero-order valence-corrected chi connectivity index (χ0v) is 11.2. The number of benzene rings is 1. The average Bonchev–Trinajstić information content (AvgIpc) is 2.37. The number of rotatable bonds is 6. The van der Waals surface area contributed by atoms with Gasteiger partial charge in [-0.15, -0.1) is 0 Å². The van der Waals surface area contributed by atoms with E-state index >= 15 is 0 Å². The maximum Gasteiger partial charge on any atom is 0.232 e. The van der Waals surface area contributed by atoms with Crippen LogP contribution in [0.25, 0.3) is 0 Å². The molecule has 0 aromatic heterocycles. The molecule has 1 atom stereocenters. The highest BCUT2D eigenvalue weighted by Gasteiger charge is 2.22. The van der Waals surface area contributed by atoms with Crippen LogP contribution in [0.1, 0.15) is 12.5 Å². The lowest BCUT2D eigenvalue weighted by Gasteiger charge is -2.24. The van der Waals surface area contributed by atoms with Gasteiger partial charge >= 0.3 is 0 Å². The van der Waals surface area contributed by atoms with E-state index in [4.69, 9.17) is 23.1 Å². The third-order valence-corrected chi connectivity index (χ3v) is 3.05. The first kappa shape index (κ1) is 14.6. The summed E-state index contributed by atoms with van der Waals surface area (Å²) in [5.41, 5.74) is 6.49. The molecule has 0 radical (unpaired) electrons. The summed E-state index contributed by atoms with van der Waals surface area (Å²) in [7, 11) is 0. The number of nitrogens with two attached hydrogens (primary N) is 1. The SMILES string of the molecule is CC(C(=O)N(CCO)Cc1ccccc1)C(N)=S. The molecular formula is C13H18N2O2S. The first-order valence-electron chi connectivity index (χ1n) is 5.79. The van der Waals surface area contributed by atoms with Crippen molar-refractivity contribution in [1.29, 1.82) is 0 Å². The molecule has 1 aromatic rings. The van der Waals surface area contributed by atoms with Crippen LogP contribution in [-0.4, -0.2) is 34.1 Å². The highest BCUT2D eigenvalue weighted by Crippen LogP contribution is 2.09. The molecule has 0 saturated carbocycles. The van der Waals surface area contributed by atoms with Gasteiger partial charge in [0.05, 0.1) is 17.5 Å². The first-order chi connectivity index (χ1) is 8.56. The first-order valence-corrected chi connectivity index (χ1v) is 6.20. The molecular weight excluding hydrogens is 248 g/mol. The summed E-state index contributed by atoms with van der Waals surface area (Å²) in [5, 5.41) is 9.03. The van der Waals surface area contributed by atoms with Crippen molar-refractivity contribution in [2.45, 2.75) is 13.5 Å². The number of carbonyl (C=O) groups excluding carboxylic acids is 1. The summed E-state index contributed by atoms with van der Waals surface area (Å²) in [4.78, 5) is 13.9. The Labute approximate surface area is 112 Å². The van der Waals surface area contributed by atoms with E-state index in [0.717, 1.165) is 5.56 Å². The van der Waals surface area contributed by atoms with E-state index < -0.39 is 5.92 Å². The Bertz CT molecular complexity index is 409. The summed E-state index contributed by atoms with van der Waals surface area (Å²) >= 11 is 4.83. The normalized spacial score (nSPS) is 11.9. The molecule has 0 fully saturated rings. The summed E-state index contributed by atoms with van der Waals surface area (Å²) in [6.45, 7) is 2.33. The topological polar surface area (TPSA) is 66.6 Å². The van der Waals surface area contributed by atoms with Gasteiger partial charge in [-0.3, -0.25) is 4.79 Å². The lowest BCUT2D eigenvalue weighted by atomic mass is 10.1. The van der Waals surface area contributed by atoms with Crippen molar-refractivity contribution in [2.24, 2.45) is 11.7 Å². The highest BCUT2D eigenvalue weighted by molar-refractivity contribution is 7.80. The van der Waals surface area contributed by atoms with Crippen LogP contribution in [0.5, 0.6) is 0 Å². The van der Waals surface area contributed by atoms with Gasteiger partial charge in [0.15, 0.2) is 0 Å². The third-order valence-electron chi connectivity index (χ3n) is 2.70. The molecule has 0 aliphatic carbocycles. The maximum absolute atomic E-state index is 12.1. The second-order valence-corrected chi connectivity index (χ2v) is 4.56. The molecule has 3 N–H and O–H groups in total. The zero-order valence-electron chi connectivity index (χ0n) is 10.4. The van der Waals surface area contributed by atoms with E-state index in [2.05, 4.69) is 0 Å². The number of hydrogen-bond donors (Lipinski definition) is 2. The van der Waals surface area contributed by atoms with Crippen LogP contribution >= 0.6 is 12.2 Å². The van der Waals surface area contributed by atoms with Crippen molar-refractivity contribution in [1.82, 2.24) is 4.90 Å². The Morgan fingerprint density at radius 3 is 2.56 bits per heavy atom. The molecule has 4 nitrogen and oxygen atoms in total. The molecule has 5 heteroatoms. The molecule has 0 spiro atoms. The number of amides is 1. The molecule has 1 aromatic carbocycles. The van der Waals surface area contributed by atoms with Crippen LogP contribution in [0.2, 0.25) is 0 Å². The number of aliphatic hydroxyl groups excluding tert-OH is 1. The predicted octanol–water partition coefficient (Wildman–Crippen LogP) is 0.930. The van der Waals surface area contributed by atoms with Gasteiger partial charge in [0, 0.05) is 13.1 Å². The summed E-state index contributed by atoms with van der Waals surface area (Å²) in [6, 6.07) is 9.60. The van der Waals surface area contributed by atoms with E-state index in [9.17, 15) is 4.79 Å². The van der Waals surface area contributed by atoms with Crippen molar-refractivity contribution in [3.63, 3.8) is 0 Å². The molecule has 0 saturated heterocycles. The van der Waals surface area contributed by atoms with Crippen LogP contribution in [0.4, 0.5) is 0 Å². The molecule has 0 aliphatic heterocycles. The fourth-order valence-corrected chi connectivity index (χ4v) is 1.69. The average molecular weight is 266 g/mol. The van der Waals surface area contributed by atoms with E-state index in [-0.39, 0.29) is 24.0 Å². The maximum atomic E-state index is 12.1. The van der Waals surface area contributed by atoms with Crippen LogP contribution in [0.15, 0.2) is 30.3 Å². The highest BCUT2D eigenvalue weighted by atomic mass is 32.1. The van der Waals surface area contributed by atoms with Crippen LogP contribution in [-0.2, 0) is 11.3 Å². The van der Waals surface area contributed by atoms with Crippen LogP contribution < -0.4 is 5.73 Å². The van der Waals surface area contributed by atoms with Crippen LogP contribution in [0.3, 0.4) is 0 Å². The van der Waals surface area contributed by atoms with Crippen molar-refractivity contribution in [2.75, 3.05) is 13.2 Å². The van der Waals surface area contributed by atoms with Gasteiger partial charge in [-0.05, 0) is 12.5 Å². The molecule has 18 heavy (non-hydrogen) atoms. The van der Waals surface area contributed by atoms with Crippen molar-refractivity contribution in [3.8, 4) is 0 Å². The van der Waals surface area contributed by atoms with Gasteiger partial charge in [0.2, 0.25) is 5.91 Å². The lowest BCUT2D eigenvalue weighted by Crippen LogP contribution is -2.40. The summed E-state index contributed by atoms with van der Waals surface area (Å²) < 4.78 is 0. The van der Waals surface area contributed by atoms with Gasteiger partial charge in [0.25, 0.3) is 0 Å². The summed E-state index contributed by atoms with van der Waals surface area (Å²) in [6.07, 6.45) is 0. The Balaban J connectivity index is 2.76. The van der Waals surface area contributed by atoms with Gasteiger partial charge < -0.3 is 15.7 Å². The predicted molar refractivity (Wildman–Crippen MR) is 74.9 cm³/mol. The Morgan fingerprint density at radius 2 is 2.06 bits per heavy atom. The van der Waals surface area contributed by atoms with E-state index in [1.54, 1.807) is 11.8 Å². The minimum atomic E-state index is -0.504. The van der Waals surface area contributed by atoms with Gasteiger partial charge in [-0.25, -0.2) is 0 Å². The largest absolute Gasteiger partial charge is 0.395 e. The Hall–Kier alpha value is -1.46. The summed E-state index contributed by atoms with van der Waals surface area (Å²) in [5.74, 6) is -0.657. The van der Waals surface area contributed by atoms with E-state index in [0.29, 0.717) is 6.54 Å². The van der Waals surface area contributed by atoms with Crippen molar-refractivity contribution < 1.29 is 9.90 Å². The molecule has 1 amide bonds. The van der Waals surface area contributed by atoms with Gasteiger partial charge in [-0.1, -0.05) is 42.5 Å². The molecule has 0 bridgehead atoms. The molecule has 0 aliphatic rings. The van der Waals surface area contributed by atoms with Crippen LogP contribution in [0, 0.1) is 5.92 Å². The number of carbonyl (C=O) groups is 1. The number of aliphatic hydroxyl groups is 1. The molecule has 0 heterocycles. The molecule has 1 rings (SSSR count). The number of nitrogens with zero attached hydrogens (tertiary/aromatic N) is 1. The smallest absolute Gasteiger partial charge is 0.232 e. The monoisotopic (exact) mass is 266 g/mol. The number of thiocarbonyl (C=S) groups is 1. The van der Waals surface area contributed by atoms with Gasteiger partial charge in [-0.2, -0.15) is 0 Å². The molecule has 98 valence electrons. The van der Waals surface area contributed by atoms with E-state index in [1.165, 1.54) is 0 Å². The van der Waals surface area contributed by atoms with E-state index in [1.807, 2.05) is 30.3 Å². The fourth-order valence-electron chi connectivity index (χ4n) is 1.59. The fraction of sp³-hybridized carbons (Fsp3) is 0.385.